The van der Waals surface area contributed by atoms with Gasteiger partial charge >= 0.3 is 0 Å². The summed E-state index contributed by atoms with van der Waals surface area (Å²) in [5.74, 6) is 0. The number of aromatic nitrogens is 1. The van der Waals surface area contributed by atoms with Crippen LogP contribution in [0, 0.1) is 0 Å². The lowest BCUT2D eigenvalue weighted by molar-refractivity contribution is 0.101. The summed E-state index contributed by atoms with van der Waals surface area (Å²) >= 11 is 0. The van der Waals surface area contributed by atoms with Gasteiger partial charge in [-0.2, -0.15) is 0 Å². The maximum atomic E-state index is 9.42. The first-order valence-electron chi connectivity index (χ1n) is 5.53. The zero-order valence-corrected chi connectivity index (χ0v) is 10.1. The minimum Gasteiger partial charge on any atom is -0.392 e. The average molecular weight is 210 g/mol. The molecule has 1 aromatic heterocycles. The summed E-state index contributed by atoms with van der Waals surface area (Å²) in [4.78, 5) is 2.28. The van der Waals surface area contributed by atoms with Gasteiger partial charge in [0.25, 0.3) is 0 Å². The lowest BCUT2D eigenvalue weighted by atomic mass is 10.2. The highest BCUT2D eigenvalue weighted by molar-refractivity contribution is 5.06. The quantitative estimate of drug-likeness (QED) is 0.800. The minimum absolute atomic E-state index is 0.271. The van der Waals surface area contributed by atoms with Crippen molar-refractivity contribution in [3.8, 4) is 0 Å². The number of hydrogen-bond acceptors (Lipinski definition) is 2. The van der Waals surface area contributed by atoms with Crippen molar-refractivity contribution in [3.05, 3.63) is 24.0 Å². The molecule has 0 aliphatic rings. The van der Waals surface area contributed by atoms with E-state index in [1.807, 2.05) is 6.92 Å². The molecule has 1 atom stereocenters. The van der Waals surface area contributed by atoms with Crippen molar-refractivity contribution in [2.24, 2.45) is 7.05 Å². The first-order valence-corrected chi connectivity index (χ1v) is 5.53. The minimum atomic E-state index is -0.271. The molecule has 1 aromatic rings. The topological polar surface area (TPSA) is 28.4 Å². The second kappa shape index (κ2) is 5.33. The van der Waals surface area contributed by atoms with Crippen LogP contribution in [0.25, 0.3) is 0 Å². The van der Waals surface area contributed by atoms with Gasteiger partial charge in [-0.05, 0) is 32.9 Å². The van der Waals surface area contributed by atoms with Gasteiger partial charge in [-0.1, -0.05) is 0 Å². The van der Waals surface area contributed by atoms with Crippen LogP contribution in [0.2, 0.25) is 0 Å². The van der Waals surface area contributed by atoms with Gasteiger partial charge < -0.3 is 9.67 Å². The Morgan fingerprint density at radius 3 is 2.47 bits per heavy atom. The lowest BCUT2D eigenvalue weighted by Crippen LogP contribution is -2.36. The van der Waals surface area contributed by atoms with Crippen molar-refractivity contribution in [1.29, 1.82) is 0 Å². The Hall–Kier alpha value is -0.800. The average Bonchev–Trinajstić information content (AvgIpc) is 2.50. The molecule has 1 rings (SSSR count). The van der Waals surface area contributed by atoms with Crippen LogP contribution in [-0.2, 0) is 13.6 Å². The summed E-state index contributed by atoms with van der Waals surface area (Å²) in [6.07, 6.45) is 1.78. The standard InChI is InChI=1S/C12H22N2O/c1-10(2)14(8-11(3)15)9-12-6-5-7-13(12)4/h5-7,10-11,15H,8-9H2,1-4H3. The third kappa shape index (κ3) is 3.68. The maximum absolute atomic E-state index is 9.42. The second-order valence-corrected chi connectivity index (χ2v) is 4.48. The molecule has 86 valence electrons. The van der Waals surface area contributed by atoms with Crippen LogP contribution < -0.4 is 0 Å². The van der Waals surface area contributed by atoms with Crippen molar-refractivity contribution in [1.82, 2.24) is 9.47 Å². The molecule has 1 heterocycles. The predicted octanol–water partition coefficient (Wildman–Crippen LogP) is 1.62. The summed E-state index contributed by atoms with van der Waals surface area (Å²) in [6.45, 7) is 7.77. The van der Waals surface area contributed by atoms with Crippen LogP contribution in [0.4, 0.5) is 0 Å². The third-order valence-electron chi connectivity index (χ3n) is 2.65. The summed E-state index contributed by atoms with van der Waals surface area (Å²) in [6, 6.07) is 4.63. The Bertz CT molecular complexity index is 292. The van der Waals surface area contributed by atoms with Crippen molar-refractivity contribution >= 4 is 0 Å². The highest BCUT2D eigenvalue weighted by atomic mass is 16.3. The number of aliphatic hydroxyl groups is 1. The molecule has 3 heteroatoms. The van der Waals surface area contributed by atoms with E-state index in [1.54, 1.807) is 0 Å². The van der Waals surface area contributed by atoms with Crippen LogP contribution in [-0.4, -0.2) is 33.3 Å². The van der Waals surface area contributed by atoms with Gasteiger partial charge in [0.1, 0.15) is 0 Å². The van der Waals surface area contributed by atoms with Gasteiger partial charge in [-0.3, -0.25) is 4.90 Å². The van der Waals surface area contributed by atoms with Gasteiger partial charge in [-0.15, -0.1) is 0 Å². The highest BCUT2D eigenvalue weighted by Gasteiger charge is 2.13. The summed E-state index contributed by atoms with van der Waals surface area (Å²) in [7, 11) is 2.05. The Labute approximate surface area is 92.3 Å². The molecule has 0 aliphatic carbocycles. The van der Waals surface area contributed by atoms with E-state index in [0.29, 0.717) is 6.04 Å². The zero-order valence-electron chi connectivity index (χ0n) is 10.1. The molecule has 15 heavy (non-hydrogen) atoms. The molecule has 0 aliphatic heterocycles. The van der Waals surface area contributed by atoms with E-state index < -0.39 is 0 Å². The molecule has 1 unspecified atom stereocenters. The predicted molar refractivity (Wildman–Crippen MR) is 62.6 cm³/mol. The Kier molecular flexibility index (Phi) is 4.36. The van der Waals surface area contributed by atoms with E-state index in [-0.39, 0.29) is 6.10 Å². The Balaban J connectivity index is 2.63. The van der Waals surface area contributed by atoms with Crippen molar-refractivity contribution in [3.63, 3.8) is 0 Å². The van der Waals surface area contributed by atoms with E-state index >= 15 is 0 Å². The van der Waals surface area contributed by atoms with E-state index in [2.05, 4.69) is 48.7 Å². The summed E-state index contributed by atoms with van der Waals surface area (Å²) in [5.41, 5.74) is 1.28. The second-order valence-electron chi connectivity index (χ2n) is 4.48. The third-order valence-corrected chi connectivity index (χ3v) is 2.65. The molecule has 0 bridgehead atoms. The fourth-order valence-corrected chi connectivity index (χ4v) is 1.67. The molecule has 0 amide bonds. The Morgan fingerprint density at radius 1 is 1.40 bits per heavy atom. The SMILES string of the molecule is CC(O)CN(Cc1cccn1C)C(C)C. The molecule has 1 N–H and O–H groups in total. The molecule has 0 saturated heterocycles. The number of nitrogens with zero attached hydrogens (tertiary/aromatic N) is 2. The van der Waals surface area contributed by atoms with Crippen LogP contribution >= 0.6 is 0 Å². The van der Waals surface area contributed by atoms with Crippen LogP contribution in [0.5, 0.6) is 0 Å². The number of rotatable bonds is 5. The normalized spacial score (nSPS) is 13.8. The van der Waals surface area contributed by atoms with Crippen molar-refractivity contribution in [2.75, 3.05) is 6.54 Å². The van der Waals surface area contributed by atoms with Gasteiger partial charge in [-0.25, -0.2) is 0 Å². The van der Waals surface area contributed by atoms with Crippen LogP contribution in [0.15, 0.2) is 18.3 Å². The molecular formula is C12H22N2O. The van der Waals surface area contributed by atoms with Gasteiger partial charge in [0.15, 0.2) is 0 Å². The van der Waals surface area contributed by atoms with Crippen LogP contribution in [0.3, 0.4) is 0 Å². The van der Waals surface area contributed by atoms with Gasteiger partial charge in [0.05, 0.1) is 6.10 Å². The molecule has 0 fully saturated rings. The van der Waals surface area contributed by atoms with E-state index in [9.17, 15) is 5.11 Å². The molecule has 0 saturated carbocycles. The monoisotopic (exact) mass is 210 g/mol. The lowest BCUT2D eigenvalue weighted by Gasteiger charge is -2.27. The smallest absolute Gasteiger partial charge is 0.0639 e. The maximum Gasteiger partial charge on any atom is 0.0639 e. The fourth-order valence-electron chi connectivity index (χ4n) is 1.67. The highest BCUT2D eigenvalue weighted by Crippen LogP contribution is 2.09. The van der Waals surface area contributed by atoms with Crippen molar-refractivity contribution < 1.29 is 5.11 Å². The molecular weight excluding hydrogens is 188 g/mol. The largest absolute Gasteiger partial charge is 0.392 e. The molecule has 0 radical (unpaired) electrons. The Morgan fingerprint density at radius 2 is 2.07 bits per heavy atom. The van der Waals surface area contributed by atoms with E-state index in [4.69, 9.17) is 0 Å². The number of aliphatic hydroxyl groups excluding tert-OH is 1. The fraction of sp³-hybridized carbons (Fsp3) is 0.667. The van der Waals surface area contributed by atoms with Gasteiger partial charge in [0.2, 0.25) is 0 Å². The summed E-state index contributed by atoms with van der Waals surface area (Å²) in [5, 5.41) is 9.42. The zero-order chi connectivity index (χ0) is 11.4. The number of hydrogen-bond donors (Lipinski definition) is 1. The van der Waals surface area contributed by atoms with Crippen LogP contribution in [0.1, 0.15) is 26.5 Å². The molecule has 0 aromatic carbocycles. The molecule has 0 spiro atoms. The molecule has 3 nitrogen and oxygen atoms in total. The van der Waals surface area contributed by atoms with Gasteiger partial charge in [0, 0.05) is 38.1 Å². The van der Waals surface area contributed by atoms with E-state index in [1.165, 1.54) is 5.69 Å². The first kappa shape index (κ1) is 12.3. The summed E-state index contributed by atoms with van der Waals surface area (Å²) < 4.78 is 2.12. The van der Waals surface area contributed by atoms with E-state index in [0.717, 1.165) is 13.1 Å². The van der Waals surface area contributed by atoms with Crippen molar-refractivity contribution in [2.45, 2.75) is 39.5 Å². The number of aryl methyl sites for hydroxylation is 1. The first-order chi connectivity index (χ1) is 7.00.